The van der Waals surface area contributed by atoms with Crippen LogP contribution in [0.5, 0.6) is 0 Å². The molecule has 1 heterocycles. The Bertz CT molecular complexity index is 768. The van der Waals surface area contributed by atoms with Gasteiger partial charge < -0.3 is 5.32 Å². The molecule has 0 bridgehead atoms. The number of hydrogen-bond acceptors (Lipinski definition) is 1. The normalized spacial score (nSPS) is 25.5. The highest BCUT2D eigenvalue weighted by Crippen LogP contribution is 2.51. The van der Waals surface area contributed by atoms with Crippen LogP contribution in [0.3, 0.4) is 0 Å². The molecule has 1 N–H and O–H groups in total. The topological polar surface area (TPSA) is 12.0 Å². The van der Waals surface area contributed by atoms with Gasteiger partial charge in [-0.3, -0.25) is 0 Å². The van der Waals surface area contributed by atoms with Gasteiger partial charge in [0.05, 0.1) is 6.04 Å². The molecule has 2 aromatic rings. The minimum absolute atomic E-state index is 0.128. The second-order valence-electron chi connectivity index (χ2n) is 6.22. The molecule has 0 spiro atoms. The summed E-state index contributed by atoms with van der Waals surface area (Å²) >= 11 is 6.25. The highest BCUT2D eigenvalue weighted by atomic mass is 35.5. The van der Waals surface area contributed by atoms with Crippen molar-refractivity contribution in [3.63, 3.8) is 0 Å². The first-order valence-corrected chi connectivity index (χ1v) is 8.00. The maximum atomic E-state index is 13.6. The molecule has 3 atom stereocenters. The van der Waals surface area contributed by atoms with Gasteiger partial charge in [0.2, 0.25) is 0 Å². The molecule has 0 unspecified atom stereocenters. The predicted molar refractivity (Wildman–Crippen MR) is 88.9 cm³/mol. The summed E-state index contributed by atoms with van der Waals surface area (Å²) in [6.45, 7) is 2.07. The van der Waals surface area contributed by atoms with Crippen molar-refractivity contribution < 1.29 is 4.39 Å². The molecule has 0 saturated heterocycles. The summed E-state index contributed by atoms with van der Waals surface area (Å²) in [4.78, 5) is 0. The smallest absolute Gasteiger partial charge is 0.123 e. The van der Waals surface area contributed by atoms with Crippen molar-refractivity contribution in [3.8, 4) is 0 Å². The van der Waals surface area contributed by atoms with Crippen molar-refractivity contribution in [3.05, 3.63) is 76.1 Å². The van der Waals surface area contributed by atoms with Gasteiger partial charge in [-0.25, -0.2) is 4.39 Å². The zero-order chi connectivity index (χ0) is 15.3. The lowest BCUT2D eigenvalue weighted by molar-refractivity contribution is 0.424. The van der Waals surface area contributed by atoms with Crippen molar-refractivity contribution in [1.82, 2.24) is 0 Å². The lowest BCUT2D eigenvalue weighted by Gasteiger charge is -2.38. The first-order chi connectivity index (χ1) is 10.6. The molecule has 2 aliphatic rings. The van der Waals surface area contributed by atoms with Gasteiger partial charge in [0.15, 0.2) is 0 Å². The first kappa shape index (κ1) is 13.8. The number of halogens is 2. The van der Waals surface area contributed by atoms with E-state index in [1.54, 1.807) is 12.1 Å². The molecule has 4 rings (SSSR count). The molecule has 0 amide bonds. The summed E-state index contributed by atoms with van der Waals surface area (Å²) in [5.41, 5.74) is 4.56. The standard InChI is InChI=1S/C19H17ClFN/c1-11-8-13(20)10-17-15-6-3-7-16(15)19(22-18(11)17)12-4-2-5-14(21)9-12/h2-6,8-10,15-16,19,22H,7H2,1H3/t15-,16+,19+/m0/s1. The van der Waals surface area contributed by atoms with Crippen LogP contribution >= 0.6 is 11.6 Å². The Kier molecular flexibility index (Phi) is 3.23. The number of hydrogen-bond donors (Lipinski definition) is 1. The van der Waals surface area contributed by atoms with Crippen LogP contribution in [-0.4, -0.2) is 0 Å². The molecule has 0 fully saturated rings. The van der Waals surface area contributed by atoms with Gasteiger partial charge in [0.25, 0.3) is 0 Å². The minimum Gasteiger partial charge on any atom is -0.377 e. The molecule has 1 nitrogen and oxygen atoms in total. The maximum absolute atomic E-state index is 13.6. The molecule has 22 heavy (non-hydrogen) atoms. The summed E-state index contributed by atoms with van der Waals surface area (Å²) in [5.74, 6) is 0.578. The van der Waals surface area contributed by atoms with Gasteiger partial charge in [0, 0.05) is 16.6 Å². The lowest BCUT2D eigenvalue weighted by Crippen LogP contribution is -2.29. The van der Waals surface area contributed by atoms with Gasteiger partial charge in [0.1, 0.15) is 5.82 Å². The van der Waals surface area contributed by atoms with E-state index in [1.165, 1.54) is 11.6 Å². The third-order valence-corrected chi connectivity index (χ3v) is 5.06. The number of nitrogens with one attached hydrogen (secondary N) is 1. The number of rotatable bonds is 1. The molecule has 3 heteroatoms. The highest BCUT2D eigenvalue weighted by molar-refractivity contribution is 6.30. The van der Waals surface area contributed by atoms with E-state index in [0.29, 0.717) is 11.8 Å². The Balaban J connectivity index is 1.84. The fraction of sp³-hybridized carbons (Fsp3) is 0.263. The zero-order valence-electron chi connectivity index (χ0n) is 12.3. The Morgan fingerprint density at radius 1 is 1.23 bits per heavy atom. The number of allylic oxidation sites excluding steroid dienone is 2. The van der Waals surface area contributed by atoms with E-state index in [0.717, 1.165) is 28.3 Å². The van der Waals surface area contributed by atoms with E-state index < -0.39 is 0 Å². The van der Waals surface area contributed by atoms with Gasteiger partial charge >= 0.3 is 0 Å². The average Bonchev–Trinajstić information content (AvgIpc) is 2.96. The van der Waals surface area contributed by atoms with E-state index in [1.807, 2.05) is 12.1 Å². The summed E-state index contributed by atoms with van der Waals surface area (Å²) in [6.07, 6.45) is 5.50. The Hall–Kier alpha value is -1.80. The first-order valence-electron chi connectivity index (χ1n) is 7.62. The fourth-order valence-corrected chi connectivity index (χ4v) is 4.15. The van der Waals surface area contributed by atoms with Crippen LogP contribution in [0.2, 0.25) is 5.02 Å². The SMILES string of the molecule is Cc1cc(Cl)cc2c1N[C@H](c1cccc(F)c1)[C@@H]1CC=C[C@H]21. The number of anilines is 1. The summed E-state index contributed by atoms with van der Waals surface area (Å²) in [5, 5.41) is 4.42. The van der Waals surface area contributed by atoms with Gasteiger partial charge in [-0.1, -0.05) is 35.9 Å². The molecule has 0 saturated carbocycles. The molecule has 2 aromatic carbocycles. The van der Waals surface area contributed by atoms with Crippen LogP contribution in [0.1, 0.15) is 35.1 Å². The van der Waals surface area contributed by atoms with Crippen LogP contribution in [0, 0.1) is 18.7 Å². The van der Waals surface area contributed by atoms with Crippen LogP contribution in [0.4, 0.5) is 10.1 Å². The van der Waals surface area contributed by atoms with E-state index >= 15 is 0 Å². The zero-order valence-corrected chi connectivity index (χ0v) is 13.1. The molecule has 1 aliphatic heterocycles. The van der Waals surface area contributed by atoms with E-state index in [-0.39, 0.29) is 11.9 Å². The summed E-state index contributed by atoms with van der Waals surface area (Å²) in [6, 6.07) is 11.1. The highest BCUT2D eigenvalue weighted by Gasteiger charge is 2.38. The van der Waals surface area contributed by atoms with Crippen LogP contribution in [-0.2, 0) is 0 Å². The second kappa shape index (κ2) is 5.13. The molecule has 0 aromatic heterocycles. The minimum atomic E-state index is -0.180. The van der Waals surface area contributed by atoms with Crippen LogP contribution in [0.25, 0.3) is 0 Å². The third kappa shape index (κ3) is 2.14. The Morgan fingerprint density at radius 2 is 2.09 bits per heavy atom. The second-order valence-corrected chi connectivity index (χ2v) is 6.65. The van der Waals surface area contributed by atoms with Crippen molar-refractivity contribution in [2.75, 3.05) is 5.32 Å². The number of benzene rings is 2. The predicted octanol–water partition coefficient (Wildman–Crippen LogP) is 5.61. The van der Waals surface area contributed by atoms with Gasteiger partial charge in [-0.2, -0.15) is 0 Å². The third-order valence-electron chi connectivity index (χ3n) is 4.84. The quantitative estimate of drug-likeness (QED) is 0.674. The van der Waals surface area contributed by atoms with Crippen LogP contribution < -0.4 is 5.32 Å². The molecule has 0 radical (unpaired) electrons. The Morgan fingerprint density at radius 3 is 2.91 bits per heavy atom. The monoisotopic (exact) mass is 313 g/mol. The number of aryl methyl sites for hydroxylation is 1. The van der Waals surface area contributed by atoms with E-state index in [4.69, 9.17) is 11.6 Å². The van der Waals surface area contributed by atoms with Crippen molar-refractivity contribution in [2.24, 2.45) is 5.92 Å². The molecular weight excluding hydrogens is 297 g/mol. The summed E-state index contributed by atoms with van der Waals surface area (Å²) < 4.78 is 13.6. The van der Waals surface area contributed by atoms with Gasteiger partial charge in [-0.15, -0.1) is 0 Å². The summed E-state index contributed by atoms with van der Waals surface area (Å²) in [7, 11) is 0. The van der Waals surface area contributed by atoms with E-state index in [2.05, 4.69) is 30.5 Å². The fourth-order valence-electron chi connectivity index (χ4n) is 3.87. The van der Waals surface area contributed by atoms with Crippen molar-refractivity contribution in [1.29, 1.82) is 0 Å². The maximum Gasteiger partial charge on any atom is 0.123 e. The Labute approximate surface area is 134 Å². The molecule has 112 valence electrons. The lowest BCUT2D eigenvalue weighted by atomic mass is 9.76. The van der Waals surface area contributed by atoms with Crippen molar-refractivity contribution in [2.45, 2.75) is 25.3 Å². The average molecular weight is 314 g/mol. The van der Waals surface area contributed by atoms with E-state index in [9.17, 15) is 4.39 Å². The van der Waals surface area contributed by atoms with Crippen molar-refractivity contribution >= 4 is 17.3 Å². The molecule has 1 aliphatic carbocycles. The van der Waals surface area contributed by atoms with Gasteiger partial charge in [-0.05, 0) is 60.2 Å². The van der Waals surface area contributed by atoms with Crippen LogP contribution in [0.15, 0.2) is 48.6 Å². The number of fused-ring (bicyclic) bond motifs is 3. The molecular formula is C19H17ClFN. The largest absolute Gasteiger partial charge is 0.377 e.